The summed E-state index contributed by atoms with van der Waals surface area (Å²) in [6, 6.07) is 4.81. The SMILES string of the molecule is CCCNC(=O)[C@@H](C)NC(=O)CN(C)Cc1cc(Cl)ccc1OC. The molecule has 134 valence electrons. The Kier molecular flexibility index (Phi) is 8.57. The van der Waals surface area contributed by atoms with Gasteiger partial charge in [-0.05, 0) is 38.6 Å². The van der Waals surface area contributed by atoms with E-state index in [4.69, 9.17) is 16.3 Å². The van der Waals surface area contributed by atoms with Crippen LogP contribution in [-0.2, 0) is 16.1 Å². The third kappa shape index (κ3) is 6.76. The topological polar surface area (TPSA) is 70.7 Å². The molecule has 6 nitrogen and oxygen atoms in total. The van der Waals surface area contributed by atoms with Crippen molar-refractivity contribution < 1.29 is 14.3 Å². The van der Waals surface area contributed by atoms with Crippen LogP contribution in [0.5, 0.6) is 5.75 Å². The number of likely N-dealkylation sites (N-methyl/N-ethyl adjacent to an activating group) is 1. The molecule has 1 atom stereocenters. The average molecular weight is 356 g/mol. The van der Waals surface area contributed by atoms with Crippen LogP contribution in [0.15, 0.2) is 18.2 Å². The van der Waals surface area contributed by atoms with Crippen LogP contribution >= 0.6 is 11.6 Å². The zero-order valence-corrected chi connectivity index (χ0v) is 15.4. The van der Waals surface area contributed by atoms with Crippen molar-refractivity contribution in [2.75, 3.05) is 27.2 Å². The minimum Gasteiger partial charge on any atom is -0.496 e. The molecule has 7 heteroatoms. The fourth-order valence-corrected chi connectivity index (χ4v) is 2.41. The van der Waals surface area contributed by atoms with E-state index in [-0.39, 0.29) is 18.4 Å². The Morgan fingerprint density at radius 3 is 2.71 bits per heavy atom. The molecule has 0 fully saturated rings. The number of nitrogens with one attached hydrogen (secondary N) is 2. The number of halogens is 1. The van der Waals surface area contributed by atoms with Crippen LogP contribution in [-0.4, -0.2) is 50.0 Å². The molecule has 24 heavy (non-hydrogen) atoms. The zero-order chi connectivity index (χ0) is 18.1. The second-order valence-corrected chi connectivity index (χ2v) is 6.15. The van der Waals surface area contributed by atoms with Crippen LogP contribution in [0.4, 0.5) is 0 Å². The number of rotatable bonds is 9. The molecule has 2 amide bonds. The van der Waals surface area contributed by atoms with E-state index in [0.29, 0.717) is 18.1 Å². The van der Waals surface area contributed by atoms with Crippen molar-refractivity contribution >= 4 is 23.4 Å². The fraction of sp³-hybridized carbons (Fsp3) is 0.529. The normalized spacial score (nSPS) is 11.9. The van der Waals surface area contributed by atoms with E-state index in [1.54, 1.807) is 26.2 Å². The third-order valence-electron chi connectivity index (χ3n) is 3.42. The minimum atomic E-state index is -0.557. The van der Waals surface area contributed by atoms with Crippen LogP contribution in [0.25, 0.3) is 0 Å². The predicted molar refractivity (Wildman–Crippen MR) is 95.2 cm³/mol. The van der Waals surface area contributed by atoms with Gasteiger partial charge in [-0.2, -0.15) is 0 Å². The predicted octanol–water partition coefficient (Wildman–Crippen LogP) is 1.81. The van der Waals surface area contributed by atoms with Gasteiger partial charge in [0.15, 0.2) is 0 Å². The third-order valence-corrected chi connectivity index (χ3v) is 3.65. The van der Waals surface area contributed by atoms with E-state index in [1.807, 2.05) is 24.9 Å². The Bertz CT molecular complexity index is 566. The van der Waals surface area contributed by atoms with Crippen molar-refractivity contribution in [1.82, 2.24) is 15.5 Å². The van der Waals surface area contributed by atoms with Gasteiger partial charge >= 0.3 is 0 Å². The molecule has 0 saturated carbocycles. The molecule has 0 spiro atoms. The second-order valence-electron chi connectivity index (χ2n) is 5.71. The summed E-state index contributed by atoms with van der Waals surface area (Å²) in [5, 5.41) is 6.06. The molecular weight excluding hydrogens is 330 g/mol. The molecule has 0 radical (unpaired) electrons. The van der Waals surface area contributed by atoms with Gasteiger partial charge in [0.25, 0.3) is 0 Å². The van der Waals surface area contributed by atoms with Gasteiger partial charge in [0.05, 0.1) is 13.7 Å². The van der Waals surface area contributed by atoms with E-state index in [1.165, 1.54) is 0 Å². The maximum atomic E-state index is 12.1. The summed E-state index contributed by atoms with van der Waals surface area (Å²) in [6.07, 6.45) is 0.858. The summed E-state index contributed by atoms with van der Waals surface area (Å²) in [7, 11) is 3.41. The molecule has 0 aromatic heterocycles. The number of nitrogens with zero attached hydrogens (tertiary/aromatic N) is 1. The maximum absolute atomic E-state index is 12.1. The number of carbonyl (C=O) groups is 2. The summed E-state index contributed by atoms with van der Waals surface area (Å²) in [4.78, 5) is 25.7. The van der Waals surface area contributed by atoms with Crippen molar-refractivity contribution in [1.29, 1.82) is 0 Å². The molecule has 1 aromatic carbocycles. The monoisotopic (exact) mass is 355 g/mol. The van der Waals surface area contributed by atoms with Gasteiger partial charge in [-0.1, -0.05) is 18.5 Å². The van der Waals surface area contributed by atoms with Crippen LogP contribution in [0.1, 0.15) is 25.8 Å². The number of ether oxygens (including phenoxy) is 1. The highest BCUT2D eigenvalue weighted by Gasteiger charge is 2.16. The molecule has 1 rings (SSSR count). The summed E-state index contributed by atoms with van der Waals surface area (Å²) in [5.74, 6) is 0.334. The molecule has 0 bridgehead atoms. The van der Waals surface area contributed by atoms with Gasteiger partial charge in [-0.25, -0.2) is 0 Å². The number of benzene rings is 1. The lowest BCUT2D eigenvalue weighted by atomic mass is 10.2. The highest BCUT2D eigenvalue weighted by atomic mass is 35.5. The Morgan fingerprint density at radius 1 is 1.38 bits per heavy atom. The van der Waals surface area contributed by atoms with E-state index in [9.17, 15) is 9.59 Å². The lowest BCUT2D eigenvalue weighted by Gasteiger charge is -2.20. The lowest BCUT2D eigenvalue weighted by molar-refractivity contribution is -0.129. The first-order valence-electron chi connectivity index (χ1n) is 7.95. The molecule has 1 aromatic rings. The summed E-state index contributed by atoms with van der Waals surface area (Å²) < 4.78 is 5.30. The molecule has 0 heterocycles. The fourth-order valence-electron chi connectivity index (χ4n) is 2.22. The maximum Gasteiger partial charge on any atom is 0.242 e. The molecule has 0 aliphatic carbocycles. The lowest BCUT2D eigenvalue weighted by Crippen LogP contribution is -2.47. The first kappa shape index (κ1) is 20.3. The summed E-state index contributed by atoms with van der Waals surface area (Å²) in [5.41, 5.74) is 0.897. The second kappa shape index (κ2) is 10.2. The Hall–Kier alpha value is -1.79. The number of methoxy groups -OCH3 is 1. The standard InChI is InChI=1S/C17H26ClN3O3/c1-5-8-19-17(23)12(2)20-16(22)11-21(3)10-13-9-14(18)6-7-15(13)24-4/h6-7,9,12H,5,8,10-11H2,1-4H3,(H,19,23)(H,20,22)/t12-/m1/s1. The molecule has 0 unspecified atom stereocenters. The van der Waals surface area contributed by atoms with Gasteiger partial charge in [0.2, 0.25) is 11.8 Å². The molecule has 2 N–H and O–H groups in total. The van der Waals surface area contributed by atoms with Crippen molar-refractivity contribution in [3.8, 4) is 5.75 Å². The number of hydrogen-bond donors (Lipinski definition) is 2. The molecule has 0 saturated heterocycles. The quantitative estimate of drug-likeness (QED) is 0.708. The van der Waals surface area contributed by atoms with Crippen molar-refractivity contribution in [3.05, 3.63) is 28.8 Å². The Labute approximate surface area is 148 Å². The van der Waals surface area contributed by atoms with Crippen molar-refractivity contribution in [2.24, 2.45) is 0 Å². The zero-order valence-electron chi connectivity index (χ0n) is 14.7. The average Bonchev–Trinajstić information content (AvgIpc) is 2.52. The van der Waals surface area contributed by atoms with Crippen molar-refractivity contribution in [3.63, 3.8) is 0 Å². The Balaban J connectivity index is 2.52. The number of hydrogen-bond acceptors (Lipinski definition) is 4. The first-order valence-corrected chi connectivity index (χ1v) is 8.33. The van der Waals surface area contributed by atoms with E-state index in [2.05, 4.69) is 10.6 Å². The van der Waals surface area contributed by atoms with Crippen LogP contribution < -0.4 is 15.4 Å². The largest absolute Gasteiger partial charge is 0.496 e. The summed E-state index contributed by atoms with van der Waals surface area (Å²) >= 11 is 6.01. The van der Waals surface area contributed by atoms with Crippen molar-refractivity contribution in [2.45, 2.75) is 32.9 Å². The van der Waals surface area contributed by atoms with Gasteiger partial charge in [-0.15, -0.1) is 0 Å². The van der Waals surface area contributed by atoms with Crippen LogP contribution in [0, 0.1) is 0 Å². The van der Waals surface area contributed by atoms with E-state index < -0.39 is 6.04 Å². The highest BCUT2D eigenvalue weighted by molar-refractivity contribution is 6.30. The molecule has 0 aliphatic heterocycles. The van der Waals surface area contributed by atoms with Gasteiger partial charge in [-0.3, -0.25) is 14.5 Å². The molecular formula is C17H26ClN3O3. The molecule has 0 aliphatic rings. The smallest absolute Gasteiger partial charge is 0.242 e. The number of carbonyl (C=O) groups excluding carboxylic acids is 2. The first-order chi connectivity index (χ1) is 11.4. The Morgan fingerprint density at radius 2 is 2.08 bits per heavy atom. The van der Waals surface area contributed by atoms with Gasteiger partial charge in [0.1, 0.15) is 11.8 Å². The number of amides is 2. The van der Waals surface area contributed by atoms with E-state index in [0.717, 1.165) is 17.7 Å². The van der Waals surface area contributed by atoms with Crippen LogP contribution in [0.3, 0.4) is 0 Å². The minimum absolute atomic E-state index is 0.168. The van der Waals surface area contributed by atoms with E-state index >= 15 is 0 Å². The summed E-state index contributed by atoms with van der Waals surface area (Å²) in [6.45, 7) is 4.92. The van der Waals surface area contributed by atoms with Gasteiger partial charge in [0, 0.05) is 23.7 Å². The van der Waals surface area contributed by atoms with Gasteiger partial charge < -0.3 is 15.4 Å². The van der Waals surface area contributed by atoms with Crippen LogP contribution in [0.2, 0.25) is 5.02 Å². The highest BCUT2D eigenvalue weighted by Crippen LogP contribution is 2.23.